The molecule has 0 spiro atoms. The Morgan fingerprint density at radius 1 is 0.879 bits per heavy atom. The molecular weight excluding hydrogens is 414 g/mol. The highest BCUT2D eigenvalue weighted by molar-refractivity contribution is 5.93. The molecule has 0 aliphatic rings. The van der Waals surface area contributed by atoms with E-state index in [4.69, 9.17) is 4.74 Å². The minimum Gasteiger partial charge on any atom is -0.481 e. The van der Waals surface area contributed by atoms with Crippen molar-refractivity contribution in [3.05, 3.63) is 66.7 Å². The molecule has 5 nitrogen and oxygen atoms in total. The molecule has 0 radical (unpaired) electrons. The van der Waals surface area contributed by atoms with Gasteiger partial charge in [0.25, 0.3) is 0 Å². The van der Waals surface area contributed by atoms with Crippen molar-refractivity contribution in [2.75, 3.05) is 5.32 Å². The van der Waals surface area contributed by atoms with Crippen LogP contribution in [-0.2, 0) is 9.59 Å². The van der Waals surface area contributed by atoms with Crippen LogP contribution in [0.1, 0.15) is 71.1 Å². The predicted molar refractivity (Wildman–Crippen MR) is 134 cm³/mol. The number of amides is 1. The van der Waals surface area contributed by atoms with Crippen LogP contribution in [0.5, 0.6) is 11.5 Å². The van der Waals surface area contributed by atoms with Crippen molar-refractivity contribution in [1.29, 1.82) is 0 Å². The quantitative estimate of drug-likeness (QED) is 0.203. The number of unbranched alkanes of at least 4 members (excludes halogenated alkanes) is 7. The lowest BCUT2D eigenvalue weighted by atomic mass is 10.00. The maximum Gasteiger partial charge on any atom is 0.307 e. The van der Waals surface area contributed by atoms with E-state index in [1.165, 1.54) is 38.5 Å². The minimum atomic E-state index is -0.947. The van der Waals surface area contributed by atoms with Gasteiger partial charge in [-0.05, 0) is 55.7 Å². The second-order valence-corrected chi connectivity index (χ2v) is 8.34. The maximum absolute atomic E-state index is 12.4. The summed E-state index contributed by atoms with van der Waals surface area (Å²) in [7, 11) is 0. The van der Waals surface area contributed by atoms with Crippen molar-refractivity contribution in [2.45, 2.75) is 71.1 Å². The smallest absolute Gasteiger partial charge is 0.307 e. The zero-order valence-electron chi connectivity index (χ0n) is 19.7. The number of allylic oxidation sites excluding steroid dienone is 2. The third kappa shape index (κ3) is 11.4. The second kappa shape index (κ2) is 15.7. The monoisotopic (exact) mass is 451 g/mol. The molecule has 2 N–H and O–H groups in total. The van der Waals surface area contributed by atoms with Gasteiger partial charge in [0.05, 0.1) is 5.92 Å². The molecule has 0 aromatic heterocycles. The first-order valence-electron chi connectivity index (χ1n) is 12.1. The van der Waals surface area contributed by atoms with Crippen LogP contribution < -0.4 is 10.1 Å². The van der Waals surface area contributed by atoms with Crippen molar-refractivity contribution < 1.29 is 19.4 Å². The molecular formula is C28H37NO4. The fourth-order valence-corrected chi connectivity index (χ4v) is 3.54. The summed E-state index contributed by atoms with van der Waals surface area (Å²) < 4.78 is 5.74. The van der Waals surface area contributed by atoms with Crippen molar-refractivity contribution in [3.63, 3.8) is 0 Å². The third-order valence-corrected chi connectivity index (χ3v) is 5.46. The number of benzene rings is 2. The topological polar surface area (TPSA) is 75.6 Å². The SMILES string of the molecule is CCCCCCCCC/C=C/C[C@H](CC(=O)Nc1ccc(Oc2ccccc2)cc1)C(=O)O. The number of ether oxygens (including phenoxy) is 1. The third-order valence-electron chi connectivity index (χ3n) is 5.46. The summed E-state index contributed by atoms with van der Waals surface area (Å²) in [6.45, 7) is 2.22. The van der Waals surface area contributed by atoms with Gasteiger partial charge in [0.1, 0.15) is 11.5 Å². The van der Waals surface area contributed by atoms with E-state index in [0.29, 0.717) is 17.9 Å². The molecule has 178 valence electrons. The predicted octanol–water partition coefficient (Wildman–Crippen LogP) is 7.60. The van der Waals surface area contributed by atoms with Crippen LogP contribution in [0.3, 0.4) is 0 Å². The summed E-state index contributed by atoms with van der Waals surface area (Å²) >= 11 is 0. The van der Waals surface area contributed by atoms with Crippen LogP contribution in [0.15, 0.2) is 66.7 Å². The average Bonchev–Trinajstić information content (AvgIpc) is 2.81. The lowest BCUT2D eigenvalue weighted by Gasteiger charge is -2.11. The normalized spacial score (nSPS) is 11.9. The van der Waals surface area contributed by atoms with Gasteiger partial charge in [-0.25, -0.2) is 0 Å². The number of hydrogen-bond acceptors (Lipinski definition) is 3. The van der Waals surface area contributed by atoms with E-state index in [0.717, 1.165) is 18.6 Å². The van der Waals surface area contributed by atoms with Gasteiger partial charge >= 0.3 is 5.97 Å². The minimum absolute atomic E-state index is 0.0562. The lowest BCUT2D eigenvalue weighted by Crippen LogP contribution is -2.21. The molecule has 33 heavy (non-hydrogen) atoms. The van der Waals surface area contributed by atoms with E-state index in [9.17, 15) is 14.7 Å². The first-order valence-corrected chi connectivity index (χ1v) is 12.1. The number of carbonyl (C=O) groups is 2. The number of anilines is 1. The molecule has 0 fully saturated rings. The van der Waals surface area contributed by atoms with Gasteiger partial charge in [0.15, 0.2) is 0 Å². The molecule has 2 aromatic carbocycles. The highest BCUT2D eigenvalue weighted by Crippen LogP contribution is 2.23. The van der Waals surface area contributed by atoms with E-state index in [1.807, 2.05) is 42.5 Å². The Labute approximate surface area is 197 Å². The van der Waals surface area contributed by atoms with Crippen molar-refractivity contribution in [2.24, 2.45) is 5.92 Å². The van der Waals surface area contributed by atoms with Crippen LogP contribution in [-0.4, -0.2) is 17.0 Å². The number of nitrogens with one attached hydrogen (secondary N) is 1. The first-order chi connectivity index (χ1) is 16.1. The molecule has 0 saturated heterocycles. The number of carboxylic acid groups (broad SMARTS) is 1. The van der Waals surface area contributed by atoms with E-state index in [2.05, 4.69) is 12.2 Å². The summed E-state index contributed by atoms with van der Waals surface area (Å²) in [5.74, 6) is -0.583. The highest BCUT2D eigenvalue weighted by atomic mass is 16.5. The average molecular weight is 452 g/mol. The maximum atomic E-state index is 12.4. The Bertz CT molecular complexity index is 846. The molecule has 2 rings (SSSR count). The Morgan fingerprint density at radius 2 is 1.52 bits per heavy atom. The summed E-state index contributed by atoms with van der Waals surface area (Å²) in [5.41, 5.74) is 0.610. The fraction of sp³-hybridized carbons (Fsp3) is 0.429. The summed E-state index contributed by atoms with van der Waals surface area (Å²) in [5, 5.41) is 12.3. The standard InChI is InChI=1S/C28H37NO4/c1-2-3-4-5-6-7-8-9-10-12-15-23(28(31)32)22-27(30)29-24-18-20-26(21-19-24)33-25-16-13-11-14-17-25/h10-14,16-21,23H,2-9,15,22H2,1H3,(H,29,30)(H,31,32)/b12-10+/t23-/m1/s1. The van der Waals surface area contributed by atoms with Gasteiger partial charge < -0.3 is 15.2 Å². The zero-order valence-corrected chi connectivity index (χ0v) is 19.7. The van der Waals surface area contributed by atoms with Gasteiger partial charge in [-0.3, -0.25) is 9.59 Å². The van der Waals surface area contributed by atoms with E-state index in [1.54, 1.807) is 24.3 Å². The fourth-order valence-electron chi connectivity index (χ4n) is 3.54. The van der Waals surface area contributed by atoms with Gasteiger partial charge in [0.2, 0.25) is 5.91 Å². The molecule has 2 aromatic rings. The number of aliphatic carboxylic acids is 1. The molecule has 1 amide bonds. The molecule has 0 bridgehead atoms. The molecule has 1 atom stereocenters. The molecule has 0 heterocycles. The van der Waals surface area contributed by atoms with Crippen LogP contribution >= 0.6 is 0 Å². The zero-order chi connectivity index (χ0) is 23.7. The summed E-state index contributed by atoms with van der Waals surface area (Å²) in [4.78, 5) is 23.9. The second-order valence-electron chi connectivity index (χ2n) is 8.34. The van der Waals surface area contributed by atoms with Crippen LogP contribution in [0.2, 0.25) is 0 Å². The number of rotatable bonds is 16. The first kappa shape index (κ1) is 26.2. The summed E-state index contributed by atoms with van der Waals surface area (Å²) in [6.07, 6.45) is 14.0. The Morgan fingerprint density at radius 3 is 2.18 bits per heavy atom. The van der Waals surface area contributed by atoms with Gasteiger partial charge in [-0.15, -0.1) is 0 Å². The largest absolute Gasteiger partial charge is 0.481 e. The van der Waals surface area contributed by atoms with Crippen LogP contribution in [0.25, 0.3) is 0 Å². The number of hydrogen-bond donors (Lipinski definition) is 2. The van der Waals surface area contributed by atoms with Crippen molar-refractivity contribution >= 4 is 17.6 Å². The van der Waals surface area contributed by atoms with E-state index < -0.39 is 11.9 Å². The molecule has 0 saturated carbocycles. The number of carboxylic acids is 1. The molecule has 5 heteroatoms. The van der Waals surface area contributed by atoms with Crippen LogP contribution in [0, 0.1) is 5.92 Å². The van der Waals surface area contributed by atoms with E-state index >= 15 is 0 Å². The van der Waals surface area contributed by atoms with E-state index in [-0.39, 0.29) is 12.3 Å². The Balaban J connectivity index is 1.70. The Hall–Kier alpha value is -3.08. The molecule has 0 aliphatic carbocycles. The van der Waals surface area contributed by atoms with Crippen molar-refractivity contribution in [3.8, 4) is 11.5 Å². The van der Waals surface area contributed by atoms with Gasteiger partial charge in [-0.2, -0.15) is 0 Å². The van der Waals surface area contributed by atoms with Gasteiger partial charge in [-0.1, -0.05) is 75.8 Å². The lowest BCUT2D eigenvalue weighted by molar-refractivity contribution is -0.143. The highest BCUT2D eigenvalue weighted by Gasteiger charge is 2.20. The van der Waals surface area contributed by atoms with Crippen molar-refractivity contribution in [1.82, 2.24) is 0 Å². The number of para-hydroxylation sites is 1. The Kier molecular flexibility index (Phi) is 12.4. The van der Waals surface area contributed by atoms with Crippen LogP contribution in [0.4, 0.5) is 5.69 Å². The number of carbonyl (C=O) groups excluding carboxylic acids is 1. The molecule has 0 aliphatic heterocycles. The molecule has 0 unspecified atom stereocenters. The van der Waals surface area contributed by atoms with Gasteiger partial charge in [0, 0.05) is 12.1 Å². The summed E-state index contributed by atoms with van der Waals surface area (Å²) in [6, 6.07) is 16.5.